The van der Waals surface area contributed by atoms with Gasteiger partial charge in [0, 0.05) is 23.4 Å². The molecular formula is C21H25NO2. The van der Waals surface area contributed by atoms with E-state index in [1.165, 1.54) is 19.3 Å². The molecule has 0 aliphatic heterocycles. The molecule has 0 aliphatic rings. The van der Waals surface area contributed by atoms with Gasteiger partial charge in [0.05, 0.1) is 6.42 Å². The SMILES string of the molecule is CCCCCCNc1ccc(C(=O)CC(=O)c2ccccc2)cc1. The van der Waals surface area contributed by atoms with Crippen LogP contribution in [0.3, 0.4) is 0 Å². The van der Waals surface area contributed by atoms with E-state index in [0.717, 1.165) is 18.7 Å². The highest BCUT2D eigenvalue weighted by Crippen LogP contribution is 2.13. The number of hydrogen-bond donors (Lipinski definition) is 1. The second-order valence-corrected chi connectivity index (χ2v) is 5.95. The fourth-order valence-electron chi connectivity index (χ4n) is 2.53. The van der Waals surface area contributed by atoms with Gasteiger partial charge in [0.1, 0.15) is 0 Å². The lowest BCUT2D eigenvalue weighted by molar-refractivity contribution is 0.0894. The zero-order valence-corrected chi connectivity index (χ0v) is 14.3. The minimum atomic E-state index is -0.140. The standard InChI is InChI=1S/C21H25NO2/c1-2-3-4-8-15-22-19-13-11-18(12-14-19)21(24)16-20(23)17-9-6-5-7-10-17/h5-7,9-14,22H,2-4,8,15-16H2,1H3. The van der Waals surface area contributed by atoms with Gasteiger partial charge in [-0.05, 0) is 30.7 Å². The van der Waals surface area contributed by atoms with Crippen molar-refractivity contribution in [2.45, 2.75) is 39.0 Å². The predicted octanol–water partition coefficient (Wildman–Crippen LogP) is 5.13. The molecular weight excluding hydrogens is 298 g/mol. The quantitative estimate of drug-likeness (QED) is 0.374. The molecule has 0 fully saturated rings. The summed E-state index contributed by atoms with van der Waals surface area (Å²) in [6, 6.07) is 16.3. The van der Waals surface area contributed by atoms with E-state index in [0.29, 0.717) is 11.1 Å². The van der Waals surface area contributed by atoms with Gasteiger partial charge in [0.25, 0.3) is 0 Å². The Labute approximate surface area is 144 Å². The number of benzene rings is 2. The summed E-state index contributed by atoms with van der Waals surface area (Å²) in [7, 11) is 0. The molecule has 2 rings (SSSR count). The number of rotatable bonds is 10. The number of carbonyl (C=O) groups is 2. The van der Waals surface area contributed by atoms with Crippen LogP contribution in [0.2, 0.25) is 0 Å². The van der Waals surface area contributed by atoms with Gasteiger partial charge in [-0.15, -0.1) is 0 Å². The van der Waals surface area contributed by atoms with E-state index in [1.807, 2.05) is 18.2 Å². The summed E-state index contributed by atoms with van der Waals surface area (Å²) in [5.74, 6) is -0.280. The maximum atomic E-state index is 12.2. The monoisotopic (exact) mass is 323 g/mol. The van der Waals surface area contributed by atoms with Gasteiger partial charge in [0.2, 0.25) is 0 Å². The molecule has 0 saturated carbocycles. The molecule has 24 heavy (non-hydrogen) atoms. The molecule has 0 atom stereocenters. The molecule has 2 aromatic rings. The highest BCUT2D eigenvalue weighted by molar-refractivity contribution is 6.13. The third-order valence-corrected chi connectivity index (χ3v) is 3.98. The molecule has 3 nitrogen and oxygen atoms in total. The zero-order valence-electron chi connectivity index (χ0n) is 14.3. The highest BCUT2D eigenvalue weighted by Gasteiger charge is 2.13. The summed E-state index contributed by atoms with van der Waals surface area (Å²) in [5.41, 5.74) is 2.17. The van der Waals surface area contributed by atoms with Crippen molar-refractivity contribution >= 4 is 17.3 Å². The van der Waals surface area contributed by atoms with Crippen LogP contribution < -0.4 is 5.32 Å². The van der Waals surface area contributed by atoms with Crippen molar-refractivity contribution in [3.8, 4) is 0 Å². The number of Topliss-reactive ketones (excluding diaryl/α,β-unsaturated/α-hetero) is 2. The summed E-state index contributed by atoms with van der Waals surface area (Å²) >= 11 is 0. The first-order valence-corrected chi connectivity index (χ1v) is 8.66. The van der Waals surface area contributed by atoms with Gasteiger partial charge in [-0.1, -0.05) is 56.5 Å². The summed E-state index contributed by atoms with van der Waals surface area (Å²) in [6.07, 6.45) is 4.80. The van der Waals surface area contributed by atoms with Gasteiger partial charge in [-0.2, -0.15) is 0 Å². The van der Waals surface area contributed by atoms with E-state index >= 15 is 0 Å². The smallest absolute Gasteiger partial charge is 0.170 e. The normalized spacial score (nSPS) is 10.4. The van der Waals surface area contributed by atoms with Crippen LogP contribution in [0, 0.1) is 0 Å². The Morgan fingerprint density at radius 3 is 2.04 bits per heavy atom. The maximum Gasteiger partial charge on any atom is 0.170 e. The van der Waals surface area contributed by atoms with Crippen LogP contribution in [0.15, 0.2) is 54.6 Å². The number of hydrogen-bond acceptors (Lipinski definition) is 3. The zero-order chi connectivity index (χ0) is 17.2. The lowest BCUT2D eigenvalue weighted by Gasteiger charge is -2.07. The van der Waals surface area contributed by atoms with Crippen LogP contribution in [0.4, 0.5) is 5.69 Å². The van der Waals surface area contributed by atoms with Crippen molar-refractivity contribution < 1.29 is 9.59 Å². The second-order valence-electron chi connectivity index (χ2n) is 5.95. The number of ketones is 2. The maximum absolute atomic E-state index is 12.2. The van der Waals surface area contributed by atoms with Crippen LogP contribution in [0.25, 0.3) is 0 Å². The molecule has 0 saturated heterocycles. The van der Waals surface area contributed by atoms with Gasteiger partial charge < -0.3 is 5.32 Å². The minimum absolute atomic E-state index is 0.0895. The summed E-state index contributed by atoms with van der Waals surface area (Å²) in [5, 5.41) is 3.36. The average Bonchev–Trinajstić information content (AvgIpc) is 2.62. The molecule has 0 radical (unpaired) electrons. The molecule has 0 spiro atoms. The summed E-state index contributed by atoms with van der Waals surface area (Å²) in [4.78, 5) is 24.3. The summed E-state index contributed by atoms with van der Waals surface area (Å²) < 4.78 is 0. The lowest BCUT2D eigenvalue weighted by Crippen LogP contribution is -2.09. The number of unbranched alkanes of at least 4 members (excludes halogenated alkanes) is 3. The van der Waals surface area contributed by atoms with E-state index in [9.17, 15) is 9.59 Å². The first-order chi connectivity index (χ1) is 11.7. The summed E-state index contributed by atoms with van der Waals surface area (Å²) in [6.45, 7) is 3.14. The first-order valence-electron chi connectivity index (χ1n) is 8.66. The second kappa shape index (κ2) is 9.66. The van der Waals surface area contributed by atoms with Crippen molar-refractivity contribution in [1.29, 1.82) is 0 Å². The molecule has 0 aromatic heterocycles. The fraction of sp³-hybridized carbons (Fsp3) is 0.333. The van der Waals surface area contributed by atoms with Gasteiger partial charge in [0.15, 0.2) is 11.6 Å². The van der Waals surface area contributed by atoms with E-state index < -0.39 is 0 Å². The van der Waals surface area contributed by atoms with Crippen molar-refractivity contribution in [1.82, 2.24) is 0 Å². The van der Waals surface area contributed by atoms with Crippen LogP contribution in [0.1, 0.15) is 59.7 Å². The third-order valence-electron chi connectivity index (χ3n) is 3.98. The number of carbonyl (C=O) groups excluding carboxylic acids is 2. The van der Waals surface area contributed by atoms with E-state index in [-0.39, 0.29) is 18.0 Å². The van der Waals surface area contributed by atoms with Crippen molar-refractivity contribution in [2.24, 2.45) is 0 Å². The average molecular weight is 323 g/mol. The predicted molar refractivity (Wildman–Crippen MR) is 98.8 cm³/mol. The topological polar surface area (TPSA) is 46.2 Å². The van der Waals surface area contributed by atoms with Crippen LogP contribution >= 0.6 is 0 Å². The van der Waals surface area contributed by atoms with Gasteiger partial charge in [-0.3, -0.25) is 9.59 Å². The van der Waals surface area contributed by atoms with Crippen molar-refractivity contribution in [3.05, 3.63) is 65.7 Å². The largest absolute Gasteiger partial charge is 0.385 e. The van der Waals surface area contributed by atoms with E-state index in [2.05, 4.69) is 12.2 Å². The number of nitrogens with one attached hydrogen (secondary N) is 1. The highest BCUT2D eigenvalue weighted by atomic mass is 16.1. The molecule has 0 bridgehead atoms. The molecule has 126 valence electrons. The third kappa shape index (κ3) is 5.65. The van der Waals surface area contributed by atoms with Crippen LogP contribution in [-0.4, -0.2) is 18.1 Å². The Morgan fingerprint density at radius 1 is 0.792 bits per heavy atom. The molecule has 0 heterocycles. The Hall–Kier alpha value is -2.42. The molecule has 3 heteroatoms. The first kappa shape index (κ1) is 17.9. The van der Waals surface area contributed by atoms with E-state index in [1.54, 1.807) is 36.4 Å². The van der Waals surface area contributed by atoms with E-state index in [4.69, 9.17) is 0 Å². The van der Waals surface area contributed by atoms with Crippen molar-refractivity contribution in [2.75, 3.05) is 11.9 Å². The number of anilines is 1. The van der Waals surface area contributed by atoms with Crippen molar-refractivity contribution in [3.63, 3.8) is 0 Å². The van der Waals surface area contributed by atoms with Crippen LogP contribution in [-0.2, 0) is 0 Å². The van der Waals surface area contributed by atoms with Gasteiger partial charge in [-0.25, -0.2) is 0 Å². The Kier molecular flexibility index (Phi) is 7.21. The molecule has 1 N–H and O–H groups in total. The molecule has 0 unspecified atom stereocenters. The van der Waals surface area contributed by atoms with Crippen LogP contribution in [0.5, 0.6) is 0 Å². The molecule has 0 amide bonds. The lowest BCUT2D eigenvalue weighted by atomic mass is 10.0. The minimum Gasteiger partial charge on any atom is -0.385 e. The Balaban J connectivity index is 1.83. The molecule has 0 aliphatic carbocycles. The fourth-order valence-corrected chi connectivity index (χ4v) is 2.53. The Bertz CT molecular complexity index is 647. The molecule has 2 aromatic carbocycles. The van der Waals surface area contributed by atoms with Gasteiger partial charge >= 0.3 is 0 Å². The Morgan fingerprint density at radius 2 is 1.42 bits per heavy atom.